The van der Waals surface area contributed by atoms with E-state index in [2.05, 4.69) is 0 Å². The summed E-state index contributed by atoms with van der Waals surface area (Å²) in [5.41, 5.74) is 0. The van der Waals surface area contributed by atoms with Gasteiger partial charge in [0.25, 0.3) is 0 Å². The van der Waals surface area contributed by atoms with Crippen molar-refractivity contribution in [2.24, 2.45) is 11.8 Å². The lowest BCUT2D eigenvalue weighted by Gasteiger charge is -2.29. The predicted octanol–water partition coefficient (Wildman–Crippen LogP) is -1.36. The molecule has 6 unspecified atom stereocenters. The molecule has 1 saturated heterocycles. The van der Waals surface area contributed by atoms with Crippen molar-refractivity contribution in [2.45, 2.75) is 56.5 Å². The Hall–Kier alpha value is -0.320. The van der Waals surface area contributed by atoms with Crippen LogP contribution in [0.4, 0.5) is 0 Å². The first-order valence-electron chi connectivity index (χ1n) is 9.10. The van der Waals surface area contributed by atoms with Gasteiger partial charge in [0.05, 0.1) is 31.5 Å². The third kappa shape index (κ3) is 8.74. The highest BCUT2D eigenvalue weighted by Crippen LogP contribution is 2.22. The molecule has 8 nitrogen and oxygen atoms in total. The molecule has 0 aliphatic carbocycles. The van der Waals surface area contributed by atoms with Gasteiger partial charge in [0.1, 0.15) is 6.10 Å². The van der Waals surface area contributed by atoms with Crippen LogP contribution in [0.2, 0.25) is 0 Å². The molecule has 0 aromatic rings. The second kappa shape index (κ2) is 12.9. The summed E-state index contributed by atoms with van der Waals surface area (Å²) in [5.74, 6) is -0.839. The molecule has 1 fully saturated rings. The van der Waals surface area contributed by atoms with E-state index in [1.807, 2.05) is 0 Å². The molecular formula is C17H34O8. The molecule has 8 heteroatoms. The number of aliphatic hydroxyl groups is 6. The lowest BCUT2D eigenvalue weighted by molar-refractivity contribution is -0.0830. The van der Waals surface area contributed by atoms with E-state index in [0.717, 1.165) is 0 Å². The normalized spacial score (nSPS) is 23.0. The highest BCUT2D eigenvalue weighted by atomic mass is 16.6. The number of rotatable bonds is 16. The van der Waals surface area contributed by atoms with Crippen LogP contribution in [0.3, 0.4) is 0 Å². The quantitative estimate of drug-likeness (QED) is 0.184. The summed E-state index contributed by atoms with van der Waals surface area (Å²) in [7, 11) is 0. The zero-order valence-corrected chi connectivity index (χ0v) is 14.7. The van der Waals surface area contributed by atoms with E-state index in [4.69, 9.17) is 19.7 Å². The molecule has 0 spiro atoms. The van der Waals surface area contributed by atoms with Crippen LogP contribution in [0.25, 0.3) is 0 Å². The first-order chi connectivity index (χ1) is 12.1. The average Bonchev–Trinajstić information content (AvgIpc) is 3.44. The van der Waals surface area contributed by atoms with E-state index >= 15 is 0 Å². The molecule has 1 rings (SSSR count). The van der Waals surface area contributed by atoms with Crippen LogP contribution in [0.5, 0.6) is 0 Å². The van der Waals surface area contributed by atoms with Crippen LogP contribution in [0.1, 0.15) is 32.1 Å². The molecule has 25 heavy (non-hydrogen) atoms. The number of hydrogen-bond donors (Lipinski definition) is 6. The maximum atomic E-state index is 10.5. The fourth-order valence-corrected chi connectivity index (χ4v) is 2.92. The van der Waals surface area contributed by atoms with Crippen molar-refractivity contribution in [3.63, 3.8) is 0 Å². The number of aliphatic hydroxyl groups excluding tert-OH is 6. The first kappa shape index (κ1) is 22.7. The van der Waals surface area contributed by atoms with Crippen LogP contribution in [-0.2, 0) is 9.47 Å². The Balaban J connectivity index is 2.48. The van der Waals surface area contributed by atoms with Gasteiger partial charge in [0.2, 0.25) is 0 Å². The summed E-state index contributed by atoms with van der Waals surface area (Å²) in [6.07, 6.45) is -0.0448. The van der Waals surface area contributed by atoms with Crippen LogP contribution in [0.15, 0.2) is 0 Å². The molecule has 0 radical (unpaired) electrons. The highest BCUT2D eigenvalue weighted by Gasteiger charge is 2.31. The summed E-state index contributed by atoms with van der Waals surface area (Å²) >= 11 is 0. The molecule has 1 aliphatic heterocycles. The van der Waals surface area contributed by atoms with Crippen molar-refractivity contribution >= 4 is 0 Å². The molecule has 6 N–H and O–H groups in total. The summed E-state index contributed by atoms with van der Waals surface area (Å²) in [6.45, 7) is 0.359. The van der Waals surface area contributed by atoms with E-state index in [-0.39, 0.29) is 44.9 Å². The van der Waals surface area contributed by atoms with Crippen LogP contribution in [-0.4, -0.2) is 94.7 Å². The monoisotopic (exact) mass is 366 g/mol. The lowest BCUT2D eigenvalue weighted by atomic mass is 9.90. The van der Waals surface area contributed by atoms with Crippen molar-refractivity contribution in [3.8, 4) is 0 Å². The third-order valence-electron chi connectivity index (χ3n) is 4.76. The largest absolute Gasteiger partial charge is 0.396 e. The van der Waals surface area contributed by atoms with E-state index in [9.17, 15) is 20.4 Å². The average molecular weight is 366 g/mol. The minimum Gasteiger partial charge on any atom is -0.396 e. The Labute approximate surface area is 149 Å². The summed E-state index contributed by atoms with van der Waals surface area (Å²) < 4.78 is 10.8. The van der Waals surface area contributed by atoms with E-state index < -0.39 is 24.2 Å². The van der Waals surface area contributed by atoms with Gasteiger partial charge in [-0.2, -0.15) is 0 Å². The number of hydrogen-bond acceptors (Lipinski definition) is 8. The Morgan fingerprint density at radius 1 is 0.880 bits per heavy atom. The van der Waals surface area contributed by atoms with Crippen molar-refractivity contribution < 1.29 is 40.1 Å². The maximum Gasteiger partial charge on any atom is 0.104 e. The number of epoxide rings is 1. The number of ether oxygens (including phenoxy) is 2. The Morgan fingerprint density at radius 2 is 1.48 bits per heavy atom. The Kier molecular flexibility index (Phi) is 11.8. The maximum absolute atomic E-state index is 10.5. The van der Waals surface area contributed by atoms with Gasteiger partial charge in [-0.15, -0.1) is 0 Å². The standard InChI is InChI=1S/C17H34O8/c18-6-4-12(8-20)15(22)2-1-3-16(25-11-14-10-24-14)17(23)13(9-21)5-7-19/h12-23H,1-11H2. The van der Waals surface area contributed by atoms with Crippen molar-refractivity contribution in [1.29, 1.82) is 0 Å². The molecule has 0 aromatic heterocycles. The molecule has 1 heterocycles. The minimum atomic E-state index is -0.917. The van der Waals surface area contributed by atoms with Crippen molar-refractivity contribution in [3.05, 3.63) is 0 Å². The fourth-order valence-electron chi connectivity index (χ4n) is 2.92. The van der Waals surface area contributed by atoms with Gasteiger partial charge < -0.3 is 40.1 Å². The Morgan fingerprint density at radius 3 is 2.00 bits per heavy atom. The second-order valence-corrected chi connectivity index (χ2v) is 6.73. The molecular weight excluding hydrogens is 332 g/mol. The first-order valence-corrected chi connectivity index (χ1v) is 9.10. The van der Waals surface area contributed by atoms with Gasteiger partial charge in [-0.05, 0) is 32.1 Å². The Bertz CT molecular complexity index is 326. The predicted molar refractivity (Wildman–Crippen MR) is 89.9 cm³/mol. The summed E-state index contributed by atoms with van der Waals surface area (Å²) in [6, 6.07) is 0. The zero-order valence-electron chi connectivity index (χ0n) is 14.7. The van der Waals surface area contributed by atoms with E-state index in [0.29, 0.717) is 38.9 Å². The van der Waals surface area contributed by atoms with Crippen LogP contribution >= 0.6 is 0 Å². The lowest BCUT2D eigenvalue weighted by Crippen LogP contribution is -2.39. The molecule has 150 valence electrons. The minimum absolute atomic E-state index is 0.0500. The summed E-state index contributed by atoms with van der Waals surface area (Å²) in [5, 5.41) is 57.2. The molecule has 6 atom stereocenters. The van der Waals surface area contributed by atoms with Crippen LogP contribution in [0, 0.1) is 11.8 Å². The molecule has 0 amide bonds. The van der Waals surface area contributed by atoms with Crippen molar-refractivity contribution in [1.82, 2.24) is 0 Å². The van der Waals surface area contributed by atoms with Gasteiger partial charge >= 0.3 is 0 Å². The molecule has 0 bridgehead atoms. The topological polar surface area (TPSA) is 143 Å². The van der Waals surface area contributed by atoms with Gasteiger partial charge in [-0.3, -0.25) is 0 Å². The molecule has 1 aliphatic rings. The van der Waals surface area contributed by atoms with Crippen LogP contribution < -0.4 is 0 Å². The fraction of sp³-hybridized carbons (Fsp3) is 1.00. The van der Waals surface area contributed by atoms with Gasteiger partial charge in [0.15, 0.2) is 0 Å². The molecule has 0 aromatic carbocycles. The van der Waals surface area contributed by atoms with E-state index in [1.165, 1.54) is 0 Å². The third-order valence-corrected chi connectivity index (χ3v) is 4.76. The smallest absolute Gasteiger partial charge is 0.104 e. The highest BCUT2D eigenvalue weighted by molar-refractivity contribution is 4.80. The van der Waals surface area contributed by atoms with Crippen molar-refractivity contribution in [2.75, 3.05) is 39.6 Å². The van der Waals surface area contributed by atoms with Gasteiger partial charge in [0, 0.05) is 38.3 Å². The SMILES string of the molecule is OCCC(CO)C(O)CCCC(OCC1CO1)C(O)C(CO)CCO. The van der Waals surface area contributed by atoms with Gasteiger partial charge in [-0.1, -0.05) is 0 Å². The molecule has 0 saturated carbocycles. The van der Waals surface area contributed by atoms with E-state index in [1.54, 1.807) is 0 Å². The van der Waals surface area contributed by atoms with Gasteiger partial charge in [-0.25, -0.2) is 0 Å². The zero-order chi connectivity index (χ0) is 18.7. The second-order valence-electron chi connectivity index (χ2n) is 6.73. The summed E-state index contributed by atoms with van der Waals surface area (Å²) in [4.78, 5) is 0.